The molecular formula is C32H35ClN2O6. The normalized spacial score (nSPS) is 18.5. The molecule has 0 bridgehead atoms. The van der Waals surface area contributed by atoms with E-state index in [1.807, 2.05) is 74.5 Å². The van der Waals surface area contributed by atoms with Crippen LogP contribution < -0.4 is 14.4 Å². The SMILES string of the molecule is COc1cc2c(cc1OC(C)C)C(c1ccc(Cl)cc1)N(c1ccc(C(C)(O)C3CN(C(=O)CO)C3)cc1)C(=O)C2. The zero-order valence-electron chi connectivity index (χ0n) is 23.6. The molecule has 2 heterocycles. The van der Waals surface area contributed by atoms with E-state index < -0.39 is 18.2 Å². The Balaban J connectivity index is 1.52. The van der Waals surface area contributed by atoms with Crippen LogP contribution in [0.2, 0.25) is 5.02 Å². The number of aliphatic hydroxyl groups is 2. The lowest BCUT2D eigenvalue weighted by molar-refractivity contribution is -0.149. The number of aliphatic hydroxyl groups excluding tert-OH is 1. The first kappa shape index (κ1) is 28.9. The lowest BCUT2D eigenvalue weighted by Gasteiger charge is -2.46. The molecule has 41 heavy (non-hydrogen) atoms. The van der Waals surface area contributed by atoms with Crippen LogP contribution in [0.5, 0.6) is 11.5 Å². The van der Waals surface area contributed by atoms with Crippen molar-refractivity contribution in [2.75, 3.05) is 31.7 Å². The summed E-state index contributed by atoms with van der Waals surface area (Å²) in [6.45, 7) is 5.84. The van der Waals surface area contributed by atoms with E-state index in [0.29, 0.717) is 40.9 Å². The van der Waals surface area contributed by atoms with Crippen LogP contribution in [0.3, 0.4) is 0 Å². The topological polar surface area (TPSA) is 99.5 Å². The van der Waals surface area contributed by atoms with Gasteiger partial charge in [0.25, 0.3) is 0 Å². The number of rotatable bonds is 8. The summed E-state index contributed by atoms with van der Waals surface area (Å²) in [5.74, 6) is 0.604. The van der Waals surface area contributed by atoms with Gasteiger partial charge in [0.05, 0.1) is 31.3 Å². The summed E-state index contributed by atoms with van der Waals surface area (Å²) in [4.78, 5) is 28.8. The van der Waals surface area contributed by atoms with Gasteiger partial charge in [-0.1, -0.05) is 35.9 Å². The molecule has 0 aliphatic carbocycles. The van der Waals surface area contributed by atoms with Crippen LogP contribution in [0.15, 0.2) is 60.7 Å². The number of fused-ring (bicyclic) bond motifs is 1. The molecule has 0 aromatic heterocycles. The van der Waals surface area contributed by atoms with Crippen molar-refractivity contribution >= 4 is 29.1 Å². The minimum atomic E-state index is -1.18. The number of ether oxygens (including phenoxy) is 2. The summed E-state index contributed by atoms with van der Waals surface area (Å²) in [6, 6.07) is 18.2. The maximum Gasteiger partial charge on any atom is 0.248 e. The fourth-order valence-electron chi connectivity index (χ4n) is 5.66. The van der Waals surface area contributed by atoms with Crippen molar-refractivity contribution in [3.63, 3.8) is 0 Å². The Morgan fingerprint density at radius 2 is 1.73 bits per heavy atom. The van der Waals surface area contributed by atoms with E-state index in [1.54, 1.807) is 18.9 Å². The average molecular weight is 579 g/mol. The number of likely N-dealkylation sites (tertiary alicyclic amines) is 1. The molecule has 1 fully saturated rings. The smallest absolute Gasteiger partial charge is 0.248 e. The second-order valence-corrected chi connectivity index (χ2v) is 11.5. The third kappa shape index (κ3) is 5.52. The molecule has 2 unspecified atom stereocenters. The minimum Gasteiger partial charge on any atom is -0.493 e. The molecule has 2 aliphatic heterocycles. The van der Waals surface area contributed by atoms with Crippen molar-refractivity contribution in [2.24, 2.45) is 5.92 Å². The largest absolute Gasteiger partial charge is 0.493 e. The fourth-order valence-corrected chi connectivity index (χ4v) is 5.79. The van der Waals surface area contributed by atoms with Gasteiger partial charge in [-0.15, -0.1) is 0 Å². The zero-order chi connectivity index (χ0) is 29.5. The van der Waals surface area contributed by atoms with Gasteiger partial charge in [0.1, 0.15) is 6.61 Å². The standard InChI is InChI=1S/C32H35ClN2O6/c1-19(2)41-28-15-26-21(13-27(28)40-4)14-29(37)35(31(26)20-5-9-24(33)10-6-20)25-11-7-22(8-12-25)32(3,39)23-16-34(17-23)30(38)18-36/h5-13,15,19,23,31,36,39H,14,16-18H2,1-4H3. The van der Waals surface area contributed by atoms with Crippen LogP contribution >= 0.6 is 11.6 Å². The van der Waals surface area contributed by atoms with Crippen LogP contribution in [-0.2, 0) is 21.6 Å². The first-order chi connectivity index (χ1) is 19.5. The summed E-state index contributed by atoms with van der Waals surface area (Å²) in [5, 5.41) is 21.1. The van der Waals surface area contributed by atoms with E-state index in [4.69, 9.17) is 26.2 Å². The average Bonchev–Trinajstić information content (AvgIpc) is 2.91. The molecule has 2 amide bonds. The highest BCUT2D eigenvalue weighted by molar-refractivity contribution is 6.30. The molecule has 216 valence electrons. The van der Waals surface area contributed by atoms with Crippen molar-refractivity contribution in [1.82, 2.24) is 4.90 Å². The highest BCUT2D eigenvalue weighted by atomic mass is 35.5. The number of anilines is 1. The molecule has 2 aliphatic rings. The highest BCUT2D eigenvalue weighted by Gasteiger charge is 2.43. The summed E-state index contributed by atoms with van der Waals surface area (Å²) in [6.07, 6.45) is 0.121. The van der Waals surface area contributed by atoms with Crippen LogP contribution in [0.25, 0.3) is 0 Å². The number of nitrogens with zero attached hydrogens (tertiary/aromatic N) is 2. The van der Waals surface area contributed by atoms with Crippen molar-refractivity contribution in [3.8, 4) is 11.5 Å². The molecule has 0 radical (unpaired) electrons. The Kier molecular flexibility index (Phi) is 8.01. The minimum absolute atomic E-state index is 0.0675. The Hall–Kier alpha value is -3.59. The summed E-state index contributed by atoms with van der Waals surface area (Å²) < 4.78 is 11.7. The van der Waals surface area contributed by atoms with Gasteiger partial charge in [-0.2, -0.15) is 0 Å². The molecule has 3 aromatic rings. The zero-order valence-corrected chi connectivity index (χ0v) is 24.4. The molecule has 3 aromatic carbocycles. The Morgan fingerprint density at radius 1 is 1.07 bits per heavy atom. The number of carbonyl (C=O) groups is 2. The Labute approximate surface area is 245 Å². The molecule has 8 nitrogen and oxygen atoms in total. The second kappa shape index (κ2) is 11.4. The van der Waals surface area contributed by atoms with Crippen LogP contribution in [0.4, 0.5) is 5.69 Å². The van der Waals surface area contributed by atoms with Gasteiger partial charge in [0, 0.05) is 29.7 Å². The Bertz CT molecular complexity index is 1430. The lowest BCUT2D eigenvalue weighted by atomic mass is 9.78. The predicted molar refractivity (Wildman–Crippen MR) is 156 cm³/mol. The van der Waals surface area contributed by atoms with E-state index >= 15 is 0 Å². The maximum atomic E-state index is 13.8. The highest BCUT2D eigenvalue weighted by Crippen LogP contribution is 2.44. The van der Waals surface area contributed by atoms with Crippen LogP contribution in [-0.4, -0.2) is 59.8 Å². The van der Waals surface area contributed by atoms with E-state index in [-0.39, 0.29) is 30.3 Å². The van der Waals surface area contributed by atoms with Gasteiger partial charge in [-0.25, -0.2) is 0 Å². The summed E-state index contributed by atoms with van der Waals surface area (Å²) in [5.41, 5.74) is 2.88. The van der Waals surface area contributed by atoms with Crippen LogP contribution in [0, 0.1) is 5.92 Å². The van der Waals surface area contributed by atoms with Gasteiger partial charge in [0.2, 0.25) is 11.8 Å². The summed E-state index contributed by atoms with van der Waals surface area (Å²) >= 11 is 6.22. The fraction of sp³-hybridized carbons (Fsp3) is 0.375. The van der Waals surface area contributed by atoms with Gasteiger partial charge in [0.15, 0.2) is 11.5 Å². The molecule has 2 atom stereocenters. The lowest BCUT2D eigenvalue weighted by Crippen LogP contribution is -2.58. The predicted octanol–water partition coefficient (Wildman–Crippen LogP) is 4.47. The van der Waals surface area contributed by atoms with Gasteiger partial charge in [-0.05, 0) is 79.4 Å². The Morgan fingerprint density at radius 3 is 2.32 bits per heavy atom. The molecule has 2 N–H and O–H groups in total. The van der Waals surface area contributed by atoms with Gasteiger partial charge >= 0.3 is 0 Å². The third-order valence-corrected chi connectivity index (χ3v) is 8.28. The van der Waals surface area contributed by atoms with E-state index in [1.165, 1.54) is 4.90 Å². The van der Waals surface area contributed by atoms with Crippen molar-refractivity contribution in [3.05, 3.63) is 87.9 Å². The molecule has 0 saturated carbocycles. The number of carbonyl (C=O) groups excluding carboxylic acids is 2. The van der Waals surface area contributed by atoms with E-state index in [0.717, 1.165) is 16.7 Å². The van der Waals surface area contributed by atoms with Gasteiger partial charge < -0.3 is 29.5 Å². The third-order valence-electron chi connectivity index (χ3n) is 8.03. The molecular weight excluding hydrogens is 544 g/mol. The van der Waals surface area contributed by atoms with Crippen molar-refractivity contribution in [2.45, 2.75) is 44.9 Å². The molecule has 1 saturated heterocycles. The van der Waals surface area contributed by atoms with E-state index in [9.17, 15) is 14.7 Å². The number of halogens is 1. The second-order valence-electron chi connectivity index (χ2n) is 11.1. The van der Waals surface area contributed by atoms with Crippen molar-refractivity contribution < 1.29 is 29.3 Å². The van der Waals surface area contributed by atoms with Gasteiger partial charge in [-0.3, -0.25) is 9.59 Å². The number of hydrogen-bond donors (Lipinski definition) is 2. The first-order valence-electron chi connectivity index (χ1n) is 13.7. The monoisotopic (exact) mass is 578 g/mol. The molecule has 5 rings (SSSR count). The van der Waals surface area contributed by atoms with E-state index in [2.05, 4.69) is 0 Å². The molecule has 0 spiro atoms. The number of hydrogen-bond acceptors (Lipinski definition) is 6. The molecule has 9 heteroatoms. The van der Waals surface area contributed by atoms with Crippen LogP contribution in [0.1, 0.15) is 49.1 Å². The first-order valence-corrected chi connectivity index (χ1v) is 14.1. The summed E-state index contributed by atoms with van der Waals surface area (Å²) in [7, 11) is 1.59. The number of benzene rings is 3. The number of methoxy groups -OCH3 is 1. The number of amides is 2. The maximum absolute atomic E-state index is 13.8. The quantitative estimate of drug-likeness (QED) is 0.409. The van der Waals surface area contributed by atoms with Crippen molar-refractivity contribution in [1.29, 1.82) is 0 Å².